The van der Waals surface area contributed by atoms with Crippen LogP contribution in [0, 0.1) is 0 Å². The van der Waals surface area contributed by atoms with Crippen molar-refractivity contribution in [3.63, 3.8) is 0 Å². The first-order chi connectivity index (χ1) is 11.0. The van der Waals surface area contributed by atoms with Crippen molar-refractivity contribution in [2.45, 2.75) is 30.4 Å². The van der Waals surface area contributed by atoms with Crippen molar-refractivity contribution in [2.24, 2.45) is 0 Å². The van der Waals surface area contributed by atoms with Crippen molar-refractivity contribution < 1.29 is 17.6 Å². The maximum atomic E-state index is 12.6. The maximum Gasteiger partial charge on any atom is 0.294 e. The number of benzene rings is 1. The molecule has 1 saturated carbocycles. The topological polar surface area (TPSA) is 79.6 Å². The first-order valence-electron chi connectivity index (χ1n) is 7.56. The van der Waals surface area contributed by atoms with Crippen LogP contribution < -0.4 is 9.62 Å². The number of hydrogen-bond donors (Lipinski definition) is 1. The largest absolute Gasteiger partial charge is 0.438 e. The zero-order chi connectivity index (χ0) is 16.0. The lowest BCUT2D eigenvalue weighted by Crippen LogP contribution is -2.28. The number of rotatable bonds is 4. The van der Waals surface area contributed by atoms with Gasteiger partial charge in [0.1, 0.15) is 0 Å². The van der Waals surface area contributed by atoms with Crippen LogP contribution in [0.25, 0.3) is 0 Å². The van der Waals surface area contributed by atoms with E-state index in [1.54, 1.807) is 4.90 Å². The lowest BCUT2D eigenvalue weighted by atomic mass is 10.2. The number of carbonyl (C=O) groups is 1. The van der Waals surface area contributed by atoms with Gasteiger partial charge in [-0.2, -0.15) is 0 Å². The third-order valence-corrected chi connectivity index (χ3v) is 5.48. The van der Waals surface area contributed by atoms with E-state index in [-0.39, 0.29) is 22.8 Å². The van der Waals surface area contributed by atoms with Crippen molar-refractivity contribution >= 4 is 21.6 Å². The highest BCUT2D eigenvalue weighted by Crippen LogP contribution is 2.30. The molecule has 120 valence electrons. The second kappa shape index (κ2) is 5.21. The summed E-state index contributed by atoms with van der Waals surface area (Å²) >= 11 is 0. The number of fused-ring (bicyclic) bond motifs is 1. The standard InChI is InChI=1S/C16H16N2O4S/c19-16(18-10-9-11-3-1-2-4-13(11)18)14-7-8-15(22-14)23(20,21)17-12-5-6-12/h1-4,7-8,12,17H,5-6,9-10H2. The molecule has 1 amide bonds. The molecule has 0 bridgehead atoms. The molecule has 0 radical (unpaired) electrons. The van der Waals surface area contributed by atoms with Crippen LogP contribution in [0.4, 0.5) is 5.69 Å². The summed E-state index contributed by atoms with van der Waals surface area (Å²) in [5.74, 6) is -0.277. The lowest BCUT2D eigenvalue weighted by Gasteiger charge is -2.15. The minimum absolute atomic E-state index is 0.00490. The first kappa shape index (κ1) is 14.5. The van der Waals surface area contributed by atoms with Crippen LogP contribution in [0.3, 0.4) is 0 Å². The fourth-order valence-electron chi connectivity index (χ4n) is 2.74. The average molecular weight is 332 g/mol. The van der Waals surface area contributed by atoms with Crippen LogP contribution in [0.15, 0.2) is 45.9 Å². The third-order valence-electron chi connectivity index (χ3n) is 4.09. The molecule has 2 aromatic rings. The molecule has 1 aliphatic heterocycles. The van der Waals surface area contributed by atoms with Crippen LogP contribution in [-0.2, 0) is 16.4 Å². The Kier molecular flexibility index (Phi) is 3.28. The normalized spacial score (nSPS) is 17.3. The van der Waals surface area contributed by atoms with Gasteiger partial charge in [0.2, 0.25) is 5.09 Å². The SMILES string of the molecule is O=C(c1ccc(S(=O)(=O)NC2CC2)o1)N1CCc2ccccc21. The minimum atomic E-state index is -3.68. The van der Waals surface area contributed by atoms with Gasteiger partial charge in [0.25, 0.3) is 15.9 Å². The molecule has 23 heavy (non-hydrogen) atoms. The molecule has 2 aliphatic rings. The molecule has 7 heteroatoms. The molecule has 1 aromatic carbocycles. The summed E-state index contributed by atoms with van der Waals surface area (Å²) in [5, 5.41) is -0.208. The smallest absolute Gasteiger partial charge is 0.294 e. The van der Waals surface area contributed by atoms with Gasteiger partial charge < -0.3 is 9.32 Å². The number of sulfonamides is 1. The summed E-state index contributed by atoms with van der Waals surface area (Å²) in [6, 6.07) is 10.4. The Morgan fingerprint density at radius 3 is 2.74 bits per heavy atom. The van der Waals surface area contributed by atoms with Gasteiger partial charge in [-0.25, -0.2) is 13.1 Å². The molecule has 4 rings (SSSR count). The fourth-order valence-corrected chi connectivity index (χ4v) is 3.98. The summed E-state index contributed by atoms with van der Waals surface area (Å²) in [7, 11) is -3.68. The number of nitrogens with zero attached hydrogens (tertiary/aromatic N) is 1. The van der Waals surface area contributed by atoms with Gasteiger partial charge in [0.05, 0.1) is 0 Å². The van der Waals surface area contributed by atoms with E-state index in [2.05, 4.69) is 4.72 Å². The summed E-state index contributed by atoms with van der Waals surface area (Å²) in [6.07, 6.45) is 2.48. The molecule has 2 heterocycles. The Morgan fingerprint density at radius 1 is 1.17 bits per heavy atom. The van der Waals surface area contributed by atoms with E-state index in [9.17, 15) is 13.2 Å². The van der Waals surface area contributed by atoms with Crippen LogP contribution in [0.5, 0.6) is 0 Å². The fraction of sp³-hybridized carbons (Fsp3) is 0.312. The summed E-state index contributed by atoms with van der Waals surface area (Å²) in [4.78, 5) is 14.2. The second-order valence-electron chi connectivity index (χ2n) is 5.85. The number of para-hydroxylation sites is 1. The Hall–Kier alpha value is -2.12. The van der Waals surface area contributed by atoms with Gasteiger partial charge in [-0.05, 0) is 43.0 Å². The Labute approximate surface area is 134 Å². The van der Waals surface area contributed by atoms with Crippen LogP contribution >= 0.6 is 0 Å². The monoisotopic (exact) mass is 332 g/mol. The molecule has 1 N–H and O–H groups in total. The van der Waals surface area contributed by atoms with Gasteiger partial charge in [0.15, 0.2) is 5.76 Å². The highest BCUT2D eigenvalue weighted by Gasteiger charge is 2.32. The van der Waals surface area contributed by atoms with E-state index in [1.165, 1.54) is 12.1 Å². The van der Waals surface area contributed by atoms with Crippen LogP contribution in [-0.4, -0.2) is 26.9 Å². The molecule has 1 aromatic heterocycles. The molecule has 0 unspecified atom stereocenters. The number of amides is 1. The Bertz CT molecular complexity index is 868. The summed E-state index contributed by atoms with van der Waals surface area (Å²) in [5.41, 5.74) is 1.96. The quantitative estimate of drug-likeness (QED) is 0.928. The molecule has 0 spiro atoms. The Morgan fingerprint density at radius 2 is 1.96 bits per heavy atom. The zero-order valence-electron chi connectivity index (χ0n) is 12.4. The van der Waals surface area contributed by atoms with Crippen molar-refractivity contribution in [1.82, 2.24) is 4.72 Å². The number of nitrogens with one attached hydrogen (secondary N) is 1. The summed E-state index contributed by atoms with van der Waals surface area (Å²) < 4.78 is 32.1. The molecule has 6 nitrogen and oxygen atoms in total. The predicted octanol–water partition coefficient (Wildman–Crippen LogP) is 1.92. The molecule has 1 aliphatic carbocycles. The number of anilines is 1. The van der Waals surface area contributed by atoms with Gasteiger partial charge in [-0.15, -0.1) is 0 Å². The Balaban J connectivity index is 1.58. The van der Waals surface area contributed by atoms with Gasteiger partial charge >= 0.3 is 0 Å². The highest BCUT2D eigenvalue weighted by atomic mass is 32.2. The average Bonchev–Trinajstić information content (AvgIpc) is 3.07. The molecule has 0 saturated heterocycles. The second-order valence-corrected chi connectivity index (χ2v) is 7.49. The van der Waals surface area contributed by atoms with Crippen molar-refractivity contribution in [3.8, 4) is 0 Å². The molecular formula is C16H16N2O4S. The van der Waals surface area contributed by atoms with E-state index in [1.807, 2.05) is 24.3 Å². The summed E-state index contributed by atoms with van der Waals surface area (Å²) in [6.45, 7) is 0.571. The lowest BCUT2D eigenvalue weighted by molar-refractivity contribution is 0.0957. The van der Waals surface area contributed by atoms with Crippen molar-refractivity contribution in [3.05, 3.63) is 47.7 Å². The third kappa shape index (κ3) is 2.66. The number of hydrogen-bond acceptors (Lipinski definition) is 4. The zero-order valence-corrected chi connectivity index (χ0v) is 13.2. The molecule has 1 fully saturated rings. The maximum absolute atomic E-state index is 12.6. The van der Waals surface area contributed by atoms with E-state index in [0.717, 1.165) is 30.5 Å². The number of furan rings is 1. The minimum Gasteiger partial charge on any atom is -0.438 e. The van der Waals surface area contributed by atoms with Gasteiger partial charge in [-0.3, -0.25) is 4.79 Å². The van der Waals surface area contributed by atoms with Crippen molar-refractivity contribution in [1.29, 1.82) is 0 Å². The molecule has 0 atom stereocenters. The van der Waals surface area contributed by atoms with Crippen molar-refractivity contribution in [2.75, 3.05) is 11.4 Å². The van der Waals surface area contributed by atoms with E-state index in [4.69, 9.17) is 4.42 Å². The number of carbonyl (C=O) groups excluding carboxylic acids is 1. The van der Waals surface area contributed by atoms with E-state index in [0.29, 0.717) is 6.54 Å². The molecular weight excluding hydrogens is 316 g/mol. The highest BCUT2D eigenvalue weighted by molar-refractivity contribution is 7.89. The van der Waals surface area contributed by atoms with E-state index < -0.39 is 10.0 Å². The van der Waals surface area contributed by atoms with Gasteiger partial charge in [-0.1, -0.05) is 18.2 Å². The van der Waals surface area contributed by atoms with Gasteiger partial charge in [0, 0.05) is 18.3 Å². The first-order valence-corrected chi connectivity index (χ1v) is 9.05. The predicted molar refractivity (Wildman–Crippen MR) is 83.9 cm³/mol. The van der Waals surface area contributed by atoms with Crippen LogP contribution in [0.2, 0.25) is 0 Å². The van der Waals surface area contributed by atoms with Crippen LogP contribution in [0.1, 0.15) is 29.0 Å². The van der Waals surface area contributed by atoms with E-state index >= 15 is 0 Å².